The first-order valence-electron chi connectivity index (χ1n) is 7.24. The van der Waals surface area contributed by atoms with Crippen LogP contribution in [-0.4, -0.2) is 6.29 Å². The van der Waals surface area contributed by atoms with Crippen LogP contribution in [0.25, 0.3) is 0 Å². The molecule has 0 radical (unpaired) electrons. The largest absolute Gasteiger partial charge is 0.298 e. The molecule has 1 aliphatic carbocycles. The van der Waals surface area contributed by atoms with Crippen LogP contribution in [0.4, 0.5) is 0 Å². The van der Waals surface area contributed by atoms with Crippen LogP contribution >= 0.6 is 0 Å². The highest BCUT2D eigenvalue weighted by Gasteiger charge is 2.04. The van der Waals surface area contributed by atoms with E-state index in [2.05, 4.69) is 39.0 Å². The summed E-state index contributed by atoms with van der Waals surface area (Å²) >= 11 is 0. The van der Waals surface area contributed by atoms with Crippen molar-refractivity contribution in [2.45, 2.75) is 59.3 Å². The molecule has 0 amide bonds. The van der Waals surface area contributed by atoms with Crippen molar-refractivity contribution < 1.29 is 4.79 Å². The number of aldehydes is 1. The van der Waals surface area contributed by atoms with Crippen LogP contribution in [0.2, 0.25) is 0 Å². The van der Waals surface area contributed by atoms with Crippen molar-refractivity contribution in [2.24, 2.45) is 0 Å². The van der Waals surface area contributed by atoms with Crippen molar-refractivity contribution >= 4 is 6.29 Å². The third kappa shape index (κ3) is 6.95. The van der Waals surface area contributed by atoms with Crippen molar-refractivity contribution in [3.8, 4) is 0 Å². The maximum Gasteiger partial charge on any atom is 0.146 e. The molecular formula is C18H26O. The topological polar surface area (TPSA) is 17.1 Å². The molecule has 0 aromatic heterocycles. The Kier molecular flexibility index (Phi) is 7.17. The van der Waals surface area contributed by atoms with E-state index in [1.165, 1.54) is 23.1 Å². The highest BCUT2D eigenvalue weighted by Crippen LogP contribution is 2.21. The molecule has 1 nitrogen and oxygen atoms in total. The molecule has 0 aromatic rings. The Balaban J connectivity index is 2.29. The summed E-state index contributed by atoms with van der Waals surface area (Å²) in [4.78, 5) is 10.6. The van der Waals surface area contributed by atoms with Gasteiger partial charge in [-0.25, -0.2) is 0 Å². The van der Waals surface area contributed by atoms with Gasteiger partial charge in [-0.3, -0.25) is 4.79 Å². The first kappa shape index (κ1) is 15.7. The maximum absolute atomic E-state index is 10.6. The molecule has 19 heavy (non-hydrogen) atoms. The van der Waals surface area contributed by atoms with Gasteiger partial charge < -0.3 is 0 Å². The van der Waals surface area contributed by atoms with Crippen LogP contribution in [-0.2, 0) is 4.79 Å². The minimum Gasteiger partial charge on any atom is -0.298 e. The fraction of sp³-hybridized carbons (Fsp3) is 0.500. The Hall–Kier alpha value is -1.37. The number of hydrogen-bond donors (Lipinski definition) is 0. The van der Waals surface area contributed by atoms with Gasteiger partial charge in [0.15, 0.2) is 0 Å². The summed E-state index contributed by atoms with van der Waals surface area (Å²) in [6.07, 6.45) is 16.3. The molecule has 1 aliphatic rings. The van der Waals surface area contributed by atoms with Gasteiger partial charge in [0.25, 0.3) is 0 Å². The second-order valence-electron chi connectivity index (χ2n) is 5.59. The van der Waals surface area contributed by atoms with E-state index in [1.807, 2.05) is 6.08 Å². The van der Waals surface area contributed by atoms with Gasteiger partial charge in [-0.1, -0.05) is 41.0 Å². The molecule has 0 heterocycles. The minimum atomic E-state index is 0.915. The summed E-state index contributed by atoms with van der Waals surface area (Å²) in [5, 5.41) is 0. The Labute approximate surface area is 117 Å². The Morgan fingerprint density at radius 3 is 2.47 bits per heavy atom. The van der Waals surface area contributed by atoms with Crippen molar-refractivity contribution in [1.82, 2.24) is 0 Å². The van der Waals surface area contributed by atoms with Crippen LogP contribution in [0.15, 0.2) is 46.6 Å². The number of allylic oxidation sites excluding steroid dienone is 8. The third-order valence-electron chi connectivity index (χ3n) is 3.47. The predicted octanol–water partition coefficient (Wildman–Crippen LogP) is 5.30. The minimum absolute atomic E-state index is 0.915. The number of hydrogen-bond acceptors (Lipinski definition) is 1. The van der Waals surface area contributed by atoms with Crippen LogP contribution in [0.5, 0.6) is 0 Å². The number of rotatable bonds is 7. The molecule has 0 fully saturated rings. The van der Waals surface area contributed by atoms with Crippen LogP contribution in [0.1, 0.15) is 59.3 Å². The van der Waals surface area contributed by atoms with Gasteiger partial charge in [0.2, 0.25) is 0 Å². The van der Waals surface area contributed by atoms with E-state index in [4.69, 9.17) is 0 Å². The molecule has 104 valence electrons. The summed E-state index contributed by atoms with van der Waals surface area (Å²) in [6, 6.07) is 0. The summed E-state index contributed by atoms with van der Waals surface area (Å²) in [6.45, 7) is 6.52. The van der Waals surface area contributed by atoms with E-state index in [0.29, 0.717) is 0 Å². The average Bonchev–Trinajstić information content (AvgIpc) is 2.39. The summed E-state index contributed by atoms with van der Waals surface area (Å²) in [7, 11) is 0. The molecule has 0 N–H and O–H groups in total. The zero-order valence-corrected chi connectivity index (χ0v) is 12.5. The second-order valence-corrected chi connectivity index (χ2v) is 5.59. The van der Waals surface area contributed by atoms with Gasteiger partial charge in [-0.15, -0.1) is 0 Å². The van der Waals surface area contributed by atoms with Crippen molar-refractivity contribution in [3.63, 3.8) is 0 Å². The maximum atomic E-state index is 10.6. The fourth-order valence-electron chi connectivity index (χ4n) is 2.20. The smallest absolute Gasteiger partial charge is 0.146 e. The Morgan fingerprint density at radius 2 is 1.89 bits per heavy atom. The normalized spacial score (nSPS) is 15.6. The summed E-state index contributed by atoms with van der Waals surface area (Å²) in [5.41, 5.74) is 5.28. The molecule has 0 aromatic carbocycles. The van der Waals surface area contributed by atoms with Gasteiger partial charge in [-0.05, 0) is 64.9 Å². The van der Waals surface area contributed by atoms with E-state index in [-0.39, 0.29) is 0 Å². The van der Waals surface area contributed by atoms with Crippen LogP contribution in [0.3, 0.4) is 0 Å². The van der Waals surface area contributed by atoms with E-state index in [0.717, 1.165) is 44.0 Å². The molecule has 0 unspecified atom stereocenters. The highest BCUT2D eigenvalue weighted by molar-refractivity contribution is 5.74. The molecule has 0 saturated heterocycles. The lowest BCUT2D eigenvalue weighted by Gasteiger charge is -2.10. The molecule has 0 spiro atoms. The molecule has 1 heteroatoms. The highest BCUT2D eigenvalue weighted by atomic mass is 16.1. The first-order chi connectivity index (χ1) is 9.11. The second kappa shape index (κ2) is 8.68. The van der Waals surface area contributed by atoms with Gasteiger partial charge >= 0.3 is 0 Å². The zero-order chi connectivity index (χ0) is 14.1. The molecule has 0 aliphatic heterocycles. The summed E-state index contributed by atoms with van der Waals surface area (Å²) in [5.74, 6) is 0. The van der Waals surface area contributed by atoms with Crippen LogP contribution in [0, 0.1) is 0 Å². The molecule has 0 atom stereocenters. The molecule has 0 bridgehead atoms. The van der Waals surface area contributed by atoms with Crippen molar-refractivity contribution in [3.05, 3.63) is 46.6 Å². The molecular weight excluding hydrogens is 232 g/mol. The van der Waals surface area contributed by atoms with Crippen molar-refractivity contribution in [2.75, 3.05) is 0 Å². The third-order valence-corrected chi connectivity index (χ3v) is 3.47. The van der Waals surface area contributed by atoms with Gasteiger partial charge in [-0.2, -0.15) is 0 Å². The Morgan fingerprint density at radius 1 is 1.11 bits per heavy atom. The quantitative estimate of drug-likeness (QED) is 0.447. The molecule has 0 saturated carbocycles. The monoisotopic (exact) mass is 258 g/mol. The SMILES string of the molecule is CC(C)=CCC/C(C)=C/CCC1=CC=C(C=O)CC1. The summed E-state index contributed by atoms with van der Waals surface area (Å²) < 4.78 is 0. The first-order valence-corrected chi connectivity index (χ1v) is 7.24. The number of carbonyl (C=O) groups is 1. The predicted molar refractivity (Wildman–Crippen MR) is 83.1 cm³/mol. The van der Waals surface area contributed by atoms with Gasteiger partial charge in [0.1, 0.15) is 6.29 Å². The Bertz CT molecular complexity index is 415. The zero-order valence-electron chi connectivity index (χ0n) is 12.5. The molecule has 1 rings (SSSR count). The lowest BCUT2D eigenvalue weighted by molar-refractivity contribution is -0.105. The van der Waals surface area contributed by atoms with E-state index in [9.17, 15) is 4.79 Å². The van der Waals surface area contributed by atoms with E-state index < -0.39 is 0 Å². The lowest BCUT2D eigenvalue weighted by atomic mass is 9.95. The lowest BCUT2D eigenvalue weighted by Crippen LogP contribution is -1.94. The van der Waals surface area contributed by atoms with Crippen LogP contribution < -0.4 is 0 Å². The van der Waals surface area contributed by atoms with Gasteiger partial charge in [0.05, 0.1) is 0 Å². The average molecular weight is 258 g/mol. The van der Waals surface area contributed by atoms with Gasteiger partial charge in [0, 0.05) is 0 Å². The van der Waals surface area contributed by atoms with E-state index in [1.54, 1.807) is 0 Å². The van der Waals surface area contributed by atoms with Crippen molar-refractivity contribution in [1.29, 1.82) is 0 Å². The number of carbonyl (C=O) groups excluding carboxylic acids is 1. The standard InChI is InChI=1S/C18H26O/c1-15(2)6-4-7-16(3)8-5-9-17-10-12-18(14-19)13-11-17/h6,8,10,12,14H,4-5,7,9,11,13H2,1-3H3/b16-8+. The van der Waals surface area contributed by atoms with E-state index >= 15 is 0 Å². The fourth-order valence-corrected chi connectivity index (χ4v) is 2.20.